The number of nitrogens with zero attached hydrogens (tertiary/aromatic N) is 1. The van der Waals surface area contributed by atoms with Crippen LogP contribution >= 0.6 is 0 Å². The first kappa shape index (κ1) is 14.1. The van der Waals surface area contributed by atoms with Crippen LogP contribution in [0.2, 0.25) is 0 Å². The van der Waals surface area contributed by atoms with Crippen LogP contribution in [0.5, 0.6) is 0 Å². The summed E-state index contributed by atoms with van der Waals surface area (Å²) in [6.07, 6.45) is 7.25. The number of aliphatic carboxylic acids is 1. The zero-order valence-corrected chi connectivity index (χ0v) is 11.1. The standard InChI is InChI=1S/C14H22N2O3/c15-11-4-5-12(13(17)18)14(19,10-11)6-9-16-7-2-1-3-8-16/h4-5,19H,1-3,6-10,15H2,(H,17,18). The average Bonchev–Trinajstić information content (AvgIpc) is 2.37. The quantitative estimate of drug-likeness (QED) is 0.702. The Morgan fingerprint density at radius 3 is 2.63 bits per heavy atom. The maximum absolute atomic E-state index is 11.2. The molecule has 1 heterocycles. The van der Waals surface area contributed by atoms with E-state index in [-0.39, 0.29) is 12.0 Å². The lowest BCUT2D eigenvalue weighted by Crippen LogP contribution is -2.42. The Morgan fingerprint density at radius 2 is 2.00 bits per heavy atom. The van der Waals surface area contributed by atoms with Crippen LogP contribution in [0.1, 0.15) is 32.1 Å². The van der Waals surface area contributed by atoms with E-state index in [9.17, 15) is 15.0 Å². The molecular formula is C14H22N2O3. The number of carboxylic acids is 1. The van der Waals surface area contributed by atoms with Gasteiger partial charge in [0.1, 0.15) is 5.60 Å². The van der Waals surface area contributed by atoms with Gasteiger partial charge in [-0.15, -0.1) is 0 Å². The fourth-order valence-corrected chi connectivity index (χ4v) is 2.86. The van der Waals surface area contributed by atoms with Crippen LogP contribution in [-0.2, 0) is 4.79 Å². The van der Waals surface area contributed by atoms with Gasteiger partial charge in [0.15, 0.2) is 0 Å². The third kappa shape index (κ3) is 3.36. The predicted octanol–water partition coefficient (Wildman–Crippen LogP) is 0.851. The summed E-state index contributed by atoms with van der Waals surface area (Å²) in [6, 6.07) is 0. The first-order chi connectivity index (χ1) is 9.01. The van der Waals surface area contributed by atoms with E-state index in [1.807, 2.05) is 0 Å². The molecule has 1 saturated heterocycles. The molecule has 5 heteroatoms. The number of likely N-dealkylation sites (tertiary alicyclic amines) is 1. The fraction of sp³-hybridized carbons (Fsp3) is 0.643. The summed E-state index contributed by atoms with van der Waals surface area (Å²) >= 11 is 0. The minimum Gasteiger partial charge on any atom is -0.478 e. The van der Waals surface area contributed by atoms with E-state index in [0.717, 1.165) is 13.1 Å². The maximum Gasteiger partial charge on any atom is 0.334 e. The van der Waals surface area contributed by atoms with Gasteiger partial charge in [0, 0.05) is 18.7 Å². The number of piperidine rings is 1. The SMILES string of the molecule is NC1=CC=C(C(=O)O)C(O)(CCN2CCCCC2)C1. The lowest BCUT2D eigenvalue weighted by atomic mass is 9.82. The van der Waals surface area contributed by atoms with E-state index < -0.39 is 11.6 Å². The zero-order valence-electron chi connectivity index (χ0n) is 11.1. The second-order valence-corrected chi connectivity index (χ2v) is 5.49. The van der Waals surface area contributed by atoms with E-state index in [2.05, 4.69) is 4.90 Å². The summed E-state index contributed by atoms with van der Waals surface area (Å²) in [5.74, 6) is -1.06. The van der Waals surface area contributed by atoms with E-state index in [4.69, 9.17) is 5.73 Å². The molecule has 0 radical (unpaired) electrons. The summed E-state index contributed by atoms with van der Waals surface area (Å²) in [5.41, 5.74) is 4.99. The molecule has 0 aromatic rings. The molecule has 0 spiro atoms. The lowest BCUT2D eigenvalue weighted by molar-refractivity contribution is -0.135. The molecule has 4 N–H and O–H groups in total. The summed E-state index contributed by atoms with van der Waals surface area (Å²) < 4.78 is 0. The molecule has 0 saturated carbocycles. The summed E-state index contributed by atoms with van der Waals surface area (Å²) in [6.45, 7) is 2.79. The van der Waals surface area contributed by atoms with Crippen LogP contribution < -0.4 is 5.73 Å². The summed E-state index contributed by atoms with van der Waals surface area (Å²) in [5, 5.41) is 19.8. The highest BCUT2D eigenvalue weighted by atomic mass is 16.4. The Kier molecular flexibility index (Phi) is 4.27. The summed E-state index contributed by atoms with van der Waals surface area (Å²) in [4.78, 5) is 13.5. The van der Waals surface area contributed by atoms with Crippen molar-refractivity contribution in [3.63, 3.8) is 0 Å². The molecule has 19 heavy (non-hydrogen) atoms. The molecule has 1 atom stereocenters. The topological polar surface area (TPSA) is 86.8 Å². The Bertz CT molecular complexity index is 411. The minimum atomic E-state index is -1.33. The highest BCUT2D eigenvalue weighted by Crippen LogP contribution is 2.31. The normalized spacial score (nSPS) is 28.7. The molecule has 0 aromatic heterocycles. The van der Waals surface area contributed by atoms with E-state index >= 15 is 0 Å². The number of hydrogen-bond donors (Lipinski definition) is 3. The second-order valence-electron chi connectivity index (χ2n) is 5.49. The molecule has 106 valence electrons. The molecule has 0 aromatic carbocycles. The van der Waals surface area contributed by atoms with Crippen molar-refractivity contribution in [1.82, 2.24) is 4.90 Å². The van der Waals surface area contributed by atoms with Crippen molar-refractivity contribution in [2.45, 2.75) is 37.7 Å². The van der Waals surface area contributed by atoms with Crippen LogP contribution in [0.15, 0.2) is 23.4 Å². The third-order valence-corrected chi connectivity index (χ3v) is 3.98. The van der Waals surface area contributed by atoms with Gasteiger partial charge in [-0.2, -0.15) is 0 Å². The predicted molar refractivity (Wildman–Crippen MR) is 72.5 cm³/mol. The fourth-order valence-electron chi connectivity index (χ4n) is 2.86. The largest absolute Gasteiger partial charge is 0.478 e. The minimum absolute atomic E-state index is 0.0544. The highest BCUT2D eigenvalue weighted by molar-refractivity contribution is 5.89. The van der Waals surface area contributed by atoms with Gasteiger partial charge in [-0.05, 0) is 44.5 Å². The number of carboxylic acid groups (broad SMARTS) is 1. The van der Waals surface area contributed by atoms with Crippen molar-refractivity contribution in [3.8, 4) is 0 Å². The van der Waals surface area contributed by atoms with E-state index in [0.29, 0.717) is 18.7 Å². The highest BCUT2D eigenvalue weighted by Gasteiger charge is 2.38. The number of aliphatic hydroxyl groups is 1. The van der Waals surface area contributed by atoms with Crippen molar-refractivity contribution >= 4 is 5.97 Å². The van der Waals surface area contributed by atoms with Crippen molar-refractivity contribution in [2.24, 2.45) is 5.73 Å². The van der Waals surface area contributed by atoms with E-state index in [1.165, 1.54) is 25.3 Å². The average molecular weight is 266 g/mol. The zero-order chi connectivity index (χ0) is 13.9. The van der Waals surface area contributed by atoms with Gasteiger partial charge in [0.05, 0.1) is 5.57 Å². The van der Waals surface area contributed by atoms with Crippen LogP contribution in [0.3, 0.4) is 0 Å². The molecule has 1 aliphatic carbocycles. The van der Waals surface area contributed by atoms with Gasteiger partial charge in [-0.25, -0.2) is 4.79 Å². The Labute approximate surface area is 113 Å². The number of nitrogens with two attached hydrogens (primary N) is 1. The molecule has 2 aliphatic rings. The first-order valence-corrected chi connectivity index (χ1v) is 6.86. The maximum atomic E-state index is 11.2. The molecule has 5 nitrogen and oxygen atoms in total. The van der Waals surface area contributed by atoms with Gasteiger partial charge in [0.2, 0.25) is 0 Å². The lowest BCUT2D eigenvalue weighted by Gasteiger charge is -2.34. The number of carbonyl (C=O) groups is 1. The Morgan fingerprint density at radius 1 is 1.32 bits per heavy atom. The van der Waals surface area contributed by atoms with Gasteiger partial charge in [-0.1, -0.05) is 6.42 Å². The van der Waals surface area contributed by atoms with Crippen LogP contribution in [-0.4, -0.2) is 46.3 Å². The smallest absolute Gasteiger partial charge is 0.334 e. The van der Waals surface area contributed by atoms with Crippen molar-refractivity contribution < 1.29 is 15.0 Å². The van der Waals surface area contributed by atoms with Gasteiger partial charge in [-0.3, -0.25) is 0 Å². The van der Waals surface area contributed by atoms with Crippen LogP contribution in [0, 0.1) is 0 Å². The molecule has 0 bridgehead atoms. The number of allylic oxidation sites excluding steroid dienone is 2. The Hall–Kier alpha value is -1.33. The first-order valence-electron chi connectivity index (χ1n) is 6.86. The van der Waals surface area contributed by atoms with Crippen LogP contribution in [0.4, 0.5) is 0 Å². The molecule has 1 fully saturated rings. The monoisotopic (exact) mass is 266 g/mol. The number of hydrogen-bond acceptors (Lipinski definition) is 4. The third-order valence-electron chi connectivity index (χ3n) is 3.98. The van der Waals surface area contributed by atoms with Gasteiger partial charge in [0.25, 0.3) is 0 Å². The van der Waals surface area contributed by atoms with Crippen LogP contribution in [0.25, 0.3) is 0 Å². The van der Waals surface area contributed by atoms with Gasteiger partial charge < -0.3 is 20.8 Å². The molecular weight excluding hydrogens is 244 g/mol. The molecule has 0 amide bonds. The Balaban J connectivity index is 2.01. The van der Waals surface area contributed by atoms with Gasteiger partial charge >= 0.3 is 5.97 Å². The van der Waals surface area contributed by atoms with Crippen molar-refractivity contribution in [2.75, 3.05) is 19.6 Å². The van der Waals surface area contributed by atoms with Crippen molar-refractivity contribution in [3.05, 3.63) is 23.4 Å². The molecule has 1 aliphatic heterocycles. The second kappa shape index (κ2) is 5.75. The molecule has 1 unspecified atom stereocenters. The van der Waals surface area contributed by atoms with E-state index in [1.54, 1.807) is 6.08 Å². The molecule has 2 rings (SSSR count). The van der Waals surface area contributed by atoms with Crippen molar-refractivity contribution in [1.29, 1.82) is 0 Å². The summed E-state index contributed by atoms with van der Waals surface area (Å²) in [7, 11) is 0. The number of rotatable bonds is 4.